The standard InChI is InChI=1S/C3H5O/c1-2-3-4/h2-3H,1H3/b3-2+. The van der Waals surface area contributed by atoms with Gasteiger partial charge in [0.1, 0.15) is 6.26 Å². The minimum atomic E-state index is 0.750. The van der Waals surface area contributed by atoms with Gasteiger partial charge in [0.2, 0.25) is 0 Å². The number of hydrogen-bond donors (Lipinski definition) is 0. The molecule has 0 aliphatic carbocycles. The molecule has 0 aromatic carbocycles. The second kappa shape index (κ2) is 2.54. The van der Waals surface area contributed by atoms with Crippen molar-refractivity contribution in [2.24, 2.45) is 0 Å². The van der Waals surface area contributed by atoms with Gasteiger partial charge in [-0.05, 0) is 13.0 Å². The van der Waals surface area contributed by atoms with Crippen LogP contribution in [0.5, 0.6) is 0 Å². The summed E-state index contributed by atoms with van der Waals surface area (Å²) in [6, 6.07) is 0. The lowest BCUT2D eigenvalue weighted by Crippen LogP contribution is -1.32. The molecule has 0 heterocycles. The summed E-state index contributed by atoms with van der Waals surface area (Å²) in [5, 5.41) is 9.12. The van der Waals surface area contributed by atoms with Gasteiger partial charge in [-0.2, -0.15) is 0 Å². The molecule has 0 unspecified atom stereocenters. The molecule has 0 saturated heterocycles. The zero-order valence-electron chi connectivity index (χ0n) is 2.56. The molecule has 1 radical (unpaired) electrons. The Morgan fingerprint density at radius 1 is 1.75 bits per heavy atom. The van der Waals surface area contributed by atoms with E-state index in [0.717, 1.165) is 6.26 Å². The quantitative estimate of drug-likeness (QED) is 0.369. The second-order valence-electron chi connectivity index (χ2n) is 0.469. The molecule has 0 N–H and O–H groups in total. The molecule has 0 aliphatic rings. The normalized spacial score (nSPS) is 9.25. The molecule has 0 atom stereocenters. The van der Waals surface area contributed by atoms with Gasteiger partial charge in [-0.1, -0.05) is 0 Å². The van der Waals surface area contributed by atoms with Crippen molar-refractivity contribution >= 4 is 0 Å². The van der Waals surface area contributed by atoms with Crippen molar-refractivity contribution in [1.82, 2.24) is 0 Å². The van der Waals surface area contributed by atoms with Gasteiger partial charge in [0, 0.05) is 0 Å². The fourth-order valence-electron chi connectivity index (χ4n) is 0. The molecule has 0 aromatic heterocycles. The number of allylic oxidation sites excluding steroid dienone is 1. The molecule has 0 bridgehead atoms. The highest BCUT2D eigenvalue weighted by Crippen LogP contribution is 1.53. The van der Waals surface area contributed by atoms with E-state index in [-0.39, 0.29) is 0 Å². The van der Waals surface area contributed by atoms with Crippen molar-refractivity contribution in [3.8, 4) is 0 Å². The van der Waals surface area contributed by atoms with Crippen LogP contribution in [0.3, 0.4) is 0 Å². The van der Waals surface area contributed by atoms with E-state index >= 15 is 0 Å². The molecule has 0 fully saturated rings. The minimum absolute atomic E-state index is 0.750. The predicted molar refractivity (Wildman–Crippen MR) is 15.5 cm³/mol. The monoisotopic (exact) mass is 57.0 g/mol. The largest absolute Gasteiger partial charge is 0.299 e. The van der Waals surface area contributed by atoms with Gasteiger partial charge in [-0.15, -0.1) is 0 Å². The molecule has 1 heteroatoms. The maximum Gasteiger partial charge on any atom is 0.138 e. The smallest absolute Gasteiger partial charge is 0.138 e. The van der Waals surface area contributed by atoms with Crippen molar-refractivity contribution in [2.45, 2.75) is 6.92 Å². The number of rotatable bonds is 0. The van der Waals surface area contributed by atoms with Gasteiger partial charge < -0.3 is 0 Å². The first-order valence-electron chi connectivity index (χ1n) is 1.15. The Balaban J connectivity index is 2.55. The zero-order chi connectivity index (χ0) is 3.41. The van der Waals surface area contributed by atoms with Crippen LogP contribution in [0.4, 0.5) is 0 Å². The lowest BCUT2D eigenvalue weighted by atomic mass is 10.8. The van der Waals surface area contributed by atoms with E-state index in [2.05, 4.69) is 0 Å². The van der Waals surface area contributed by atoms with Crippen molar-refractivity contribution in [2.75, 3.05) is 0 Å². The van der Waals surface area contributed by atoms with Gasteiger partial charge in [-0.25, -0.2) is 0 Å². The third kappa shape index (κ3) is 1.54. The van der Waals surface area contributed by atoms with E-state index in [4.69, 9.17) is 5.11 Å². The molecule has 0 amide bonds. The Labute approximate surface area is 25.6 Å². The Kier molecular flexibility index (Phi) is 2.25. The Bertz CT molecular complexity index is 18.5. The summed E-state index contributed by atoms with van der Waals surface area (Å²) >= 11 is 0. The Hall–Kier alpha value is -0.460. The topological polar surface area (TPSA) is 19.9 Å². The lowest BCUT2D eigenvalue weighted by molar-refractivity contribution is 0.351. The van der Waals surface area contributed by atoms with Crippen LogP contribution in [0.25, 0.3) is 0 Å². The lowest BCUT2D eigenvalue weighted by Gasteiger charge is -1.45. The first-order chi connectivity index (χ1) is 1.91. The molecular formula is C3H5O. The summed E-state index contributed by atoms with van der Waals surface area (Å²) in [6.45, 7) is 1.69. The van der Waals surface area contributed by atoms with E-state index in [1.54, 1.807) is 6.92 Å². The van der Waals surface area contributed by atoms with Crippen LogP contribution in [0, 0.1) is 0 Å². The summed E-state index contributed by atoms with van der Waals surface area (Å²) in [4.78, 5) is 0. The molecule has 1 nitrogen and oxygen atoms in total. The molecular weight excluding hydrogens is 52.0 g/mol. The molecule has 0 aliphatic heterocycles. The maximum absolute atomic E-state index is 9.12. The minimum Gasteiger partial charge on any atom is -0.299 e. The maximum atomic E-state index is 9.12. The average molecular weight is 57.1 g/mol. The Morgan fingerprint density at radius 2 is 2.00 bits per heavy atom. The van der Waals surface area contributed by atoms with Crippen LogP contribution in [-0.2, 0) is 5.11 Å². The first kappa shape index (κ1) is 3.54. The summed E-state index contributed by atoms with van der Waals surface area (Å²) < 4.78 is 0. The third-order valence-corrected chi connectivity index (χ3v) is 0.136. The predicted octanol–water partition coefficient (Wildman–Crippen LogP) is 0.951. The third-order valence-electron chi connectivity index (χ3n) is 0.136. The summed E-state index contributed by atoms with van der Waals surface area (Å²) in [5.41, 5.74) is 0. The van der Waals surface area contributed by atoms with E-state index in [1.807, 2.05) is 0 Å². The summed E-state index contributed by atoms with van der Waals surface area (Å²) in [5.74, 6) is 0. The van der Waals surface area contributed by atoms with E-state index in [9.17, 15) is 0 Å². The van der Waals surface area contributed by atoms with E-state index in [1.165, 1.54) is 6.08 Å². The second-order valence-corrected chi connectivity index (χ2v) is 0.469. The molecule has 4 heavy (non-hydrogen) atoms. The zero-order valence-corrected chi connectivity index (χ0v) is 2.56. The van der Waals surface area contributed by atoms with Crippen LogP contribution < -0.4 is 0 Å². The fourth-order valence-corrected chi connectivity index (χ4v) is 0. The van der Waals surface area contributed by atoms with Crippen LogP contribution in [0.2, 0.25) is 0 Å². The van der Waals surface area contributed by atoms with Crippen molar-refractivity contribution in [1.29, 1.82) is 0 Å². The van der Waals surface area contributed by atoms with Gasteiger partial charge in [-0.3, -0.25) is 5.11 Å². The first-order valence-corrected chi connectivity index (χ1v) is 1.15. The Morgan fingerprint density at radius 3 is 2.00 bits per heavy atom. The molecule has 0 rings (SSSR count). The van der Waals surface area contributed by atoms with Crippen LogP contribution in [0.15, 0.2) is 12.3 Å². The van der Waals surface area contributed by atoms with Crippen molar-refractivity contribution < 1.29 is 5.11 Å². The fraction of sp³-hybridized carbons (Fsp3) is 0.333. The molecule has 0 spiro atoms. The van der Waals surface area contributed by atoms with Gasteiger partial charge in [0.15, 0.2) is 0 Å². The molecule has 0 saturated carbocycles. The van der Waals surface area contributed by atoms with E-state index in [0.29, 0.717) is 0 Å². The van der Waals surface area contributed by atoms with Crippen LogP contribution in [-0.4, -0.2) is 0 Å². The van der Waals surface area contributed by atoms with Crippen LogP contribution in [0.1, 0.15) is 6.92 Å². The van der Waals surface area contributed by atoms with Crippen LogP contribution >= 0.6 is 0 Å². The summed E-state index contributed by atoms with van der Waals surface area (Å²) in [6.07, 6.45) is 2.19. The van der Waals surface area contributed by atoms with Crippen molar-refractivity contribution in [3.63, 3.8) is 0 Å². The SMILES string of the molecule is C/C=C/[O]. The van der Waals surface area contributed by atoms with Gasteiger partial charge in [0.05, 0.1) is 0 Å². The highest BCUT2D eigenvalue weighted by atomic mass is 16.2. The van der Waals surface area contributed by atoms with Gasteiger partial charge >= 0.3 is 0 Å². The molecule has 23 valence electrons. The molecule has 0 aromatic rings. The van der Waals surface area contributed by atoms with Crippen molar-refractivity contribution in [3.05, 3.63) is 12.3 Å². The van der Waals surface area contributed by atoms with Gasteiger partial charge in [0.25, 0.3) is 0 Å². The average Bonchev–Trinajstić information content (AvgIpc) is 1.37. The highest BCUT2D eigenvalue weighted by Gasteiger charge is 1.40. The number of hydrogen-bond acceptors (Lipinski definition) is 0. The highest BCUT2D eigenvalue weighted by molar-refractivity contribution is 4.60. The summed E-state index contributed by atoms with van der Waals surface area (Å²) in [7, 11) is 0. The van der Waals surface area contributed by atoms with E-state index < -0.39 is 0 Å².